The van der Waals surface area contributed by atoms with E-state index in [1.807, 2.05) is 0 Å². The van der Waals surface area contributed by atoms with Crippen LogP contribution in [-0.2, 0) is 0 Å². The molecule has 0 rings (SSSR count). The molecule has 1 N–H and O–H groups in total. The highest BCUT2D eigenvalue weighted by Gasteiger charge is 2.17. The van der Waals surface area contributed by atoms with Gasteiger partial charge in [-0.3, -0.25) is 0 Å². The van der Waals surface area contributed by atoms with E-state index in [1.165, 1.54) is 6.42 Å². The van der Waals surface area contributed by atoms with Crippen LogP contribution in [0.15, 0.2) is 12.3 Å². The van der Waals surface area contributed by atoms with E-state index in [9.17, 15) is 4.80 Å². The van der Waals surface area contributed by atoms with Crippen molar-refractivity contribution in [3.63, 3.8) is 0 Å². The molecule has 0 saturated carbocycles. The third-order valence-corrected chi connectivity index (χ3v) is 6.45. The van der Waals surface area contributed by atoms with Crippen LogP contribution in [0.5, 0.6) is 0 Å². The van der Waals surface area contributed by atoms with Crippen LogP contribution in [-0.4, -0.2) is 22.4 Å². The molecule has 0 radical (unpaired) electrons. The first kappa shape index (κ1) is 9.13. The molecule has 0 aromatic heterocycles. The highest BCUT2D eigenvalue weighted by Crippen LogP contribution is 2.06. The maximum atomic E-state index is 9.54. The fraction of sp³-hybridized carbons (Fsp3) is 0.667. The average molecular weight is 160 g/mol. The first-order valence-corrected chi connectivity index (χ1v) is 9.21. The predicted octanol–water partition coefficient (Wildman–Crippen LogP) is 0.312. The van der Waals surface area contributed by atoms with Gasteiger partial charge in [-0.2, -0.15) is 0 Å². The lowest BCUT2D eigenvalue weighted by atomic mass is 10.4. The quantitative estimate of drug-likeness (QED) is 0.587. The molecular formula is C6H16OSi2. The lowest BCUT2D eigenvalue weighted by molar-refractivity contribution is 0.566. The van der Waals surface area contributed by atoms with Gasteiger partial charge in [0.2, 0.25) is 0 Å². The molecule has 0 saturated heterocycles. The van der Waals surface area contributed by atoms with Crippen molar-refractivity contribution in [2.45, 2.75) is 25.8 Å². The zero-order valence-electron chi connectivity index (χ0n) is 6.35. The van der Waals surface area contributed by atoms with Gasteiger partial charge in [-0.25, -0.2) is 0 Å². The van der Waals surface area contributed by atoms with Gasteiger partial charge >= 0.3 is 0 Å². The van der Waals surface area contributed by atoms with Crippen LogP contribution in [0.25, 0.3) is 0 Å². The predicted molar refractivity (Wildman–Crippen MR) is 47.8 cm³/mol. The van der Waals surface area contributed by atoms with Crippen molar-refractivity contribution >= 4 is 17.6 Å². The molecule has 1 unspecified atom stereocenters. The second-order valence-electron chi connectivity index (χ2n) is 2.66. The lowest BCUT2D eigenvalue weighted by Crippen LogP contribution is -2.32. The van der Waals surface area contributed by atoms with Crippen LogP contribution in [0.1, 0.15) is 19.8 Å². The fourth-order valence-corrected chi connectivity index (χ4v) is 2.97. The summed E-state index contributed by atoms with van der Waals surface area (Å²) in [5.74, 6) is 0. The van der Waals surface area contributed by atoms with Gasteiger partial charge < -0.3 is 4.80 Å². The Hall–Kier alpha value is 0.134. The molecule has 0 heterocycles. The second-order valence-corrected chi connectivity index (χ2v) is 11.5. The van der Waals surface area contributed by atoms with Gasteiger partial charge in [-0.1, -0.05) is 25.5 Å². The minimum atomic E-state index is -1.80. The summed E-state index contributed by atoms with van der Waals surface area (Å²) in [7, 11) is -0.856. The molecule has 0 aliphatic carbocycles. The molecule has 1 atom stereocenters. The summed E-state index contributed by atoms with van der Waals surface area (Å²) in [6.45, 7) is 5.78. The maximum absolute atomic E-state index is 9.54. The van der Waals surface area contributed by atoms with E-state index in [-0.39, 0.29) is 0 Å². The van der Waals surface area contributed by atoms with Gasteiger partial charge in [0, 0.05) is 9.76 Å². The van der Waals surface area contributed by atoms with E-state index >= 15 is 0 Å². The van der Waals surface area contributed by atoms with Gasteiger partial charge in [0.15, 0.2) is 7.83 Å². The van der Waals surface area contributed by atoms with Gasteiger partial charge in [0.25, 0.3) is 0 Å². The van der Waals surface area contributed by atoms with Crippen molar-refractivity contribution in [3.8, 4) is 0 Å². The smallest absolute Gasteiger partial charge is 0.187 e. The SMILES string of the molecule is C=C[Si](O)([SiH3])CCCC. The van der Waals surface area contributed by atoms with E-state index in [0.717, 1.165) is 22.2 Å². The van der Waals surface area contributed by atoms with Gasteiger partial charge in [-0.05, 0) is 6.04 Å². The van der Waals surface area contributed by atoms with E-state index < -0.39 is 7.83 Å². The van der Waals surface area contributed by atoms with Crippen molar-refractivity contribution < 1.29 is 4.80 Å². The summed E-state index contributed by atoms with van der Waals surface area (Å²) >= 11 is 0. The zero-order valence-corrected chi connectivity index (χ0v) is 9.35. The maximum Gasteiger partial charge on any atom is 0.187 e. The van der Waals surface area contributed by atoms with Crippen LogP contribution in [0.2, 0.25) is 6.04 Å². The molecule has 0 spiro atoms. The van der Waals surface area contributed by atoms with Crippen molar-refractivity contribution in [3.05, 3.63) is 12.3 Å². The summed E-state index contributed by atoms with van der Waals surface area (Å²) < 4.78 is 0. The van der Waals surface area contributed by atoms with Crippen LogP contribution in [0, 0.1) is 0 Å². The number of hydrogen-bond acceptors (Lipinski definition) is 1. The Labute approximate surface area is 61.1 Å². The van der Waals surface area contributed by atoms with E-state index in [0.29, 0.717) is 0 Å². The minimum Gasteiger partial charge on any atom is -0.432 e. The molecule has 0 bridgehead atoms. The third kappa shape index (κ3) is 4.63. The Balaban J connectivity index is 3.45. The summed E-state index contributed by atoms with van der Waals surface area (Å²) in [4.78, 5) is 9.54. The largest absolute Gasteiger partial charge is 0.432 e. The fourth-order valence-electron chi connectivity index (χ4n) is 0.637. The summed E-state index contributed by atoms with van der Waals surface area (Å²) in [5.41, 5.74) is 1.80. The Kier molecular flexibility index (Phi) is 4.09. The topological polar surface area (TPSA) is 20.2 Å². The molecule has 0 fully saturated rings. The first-order valence-electron chi connectivity index (χ1n) is 3.48. The highest BCUT2D eigenvalue weighted by molar-refractivity contribution is 7.15. The van der Waals surface area contributed by atoms with Crippen LogP contribution in [0.4, 0.5) is 0 Å². The van der Waals surface area contributed by atoms with Crippen molar-refractivity contribution in [1.82, 2.24) is 0 Å². The zero-order chi connectivity index (χ0) is 7.33. The molecule has 9 heavy (non-hydrogen) atoms. The number of unbranched alkanes of at least 4 members (excludes halogenated alkanes) is 1. The number of hydrogen-bond donors (Lipinski definition) is 1. The average Bonchev–Trinajstić information content (AvgIpc) is 1.84. The monoisotopic (exact) mass is 160 g/mol. The van der Waals surface area contributed by atoms with Crippen LogP contribution < -0.4 is 0 Å². The molecule has 0 aliphatic heterocycles. The van der Waals surface area contributed by atoms with Crippen LogP contribution in [0.3, 0.4) is 0 Å². The van der Waals surface area contributed by atoms with Crippen molar-refractivity contribution in [1.29, 1.82) is 0 Å². The van der Waals surface area contributed by atoms with Crippen molar-refractivity contribution in [2.75, 3.05) is 0 Å². The molecular weight excluding hydrogens is 144 g/mol. The Bertz CT molecular complexity index is 91.1. The van der Waals surface area contributed by atoms with E-state index in [1.54, 1.807) is 5.70 Å². The summed E-state index contributed by atoms with van der Waals surface area (Å²) in [6.07, 6.45) is 2.35. The Morgan fingerprint density at radius 1 is 1.78 bits per heavy atom. The van der Waals surface area contributed by atoms with Crippen LogP contribution >= 0.6 is 0 Å². The minimum absolute atomic E-state index is 0.940. The lowest BCUT2D eigenvalue weighted by Gasteiger charge is -2.13. The summed E-state index contributed by atoms with van der Waals surface area (Å²) in [6, 6.07) is 1.03. The second kappa shape index (κ2) is 4.03. The summed E-state index contributed by atoms with van der Waals surface area (Å²) in [5, 5.41) is 0. The van der Waals surface area contributed by atoms with E-state index in [4.69, 9.17) is 0 Å². The third-order valence-electron chi connectivity index (χ3n) is 1.48. The standard InChI is InChI=1S/C6H16OSi2/c1-3-5-6-9(7,8)4-2/h4,7H,2-3,5-6H2,1,8H3. The first-order chi connectivity index (χ1) is 4.12. The van der Waals surface area contributed by atoms with Gasteiger partial charge in [0.1, 0.15) is 0 Å². The Morgan fingerprint density at radius 3 is 2.67 bits per heavy atom. The molecule has 0 amide bonds. The number of rotatable bonds is 4. The highest BCUT2D eigenvalue weighted by atomic mass is 29.2. The normalized spacial score (nSPS) is 17.1. The molecule has 54 valence electrons. The molecule has 3 heteroatoms. The Morgan fingerprint density at radius 2 is 2.33 bits per heavy atom. The van der Waals surface area contributed by atoms with E-state index in [2.05, 4.69) is 13.5 Å². The molecule has 0 aliphatic rings. The molecule has 0 aromatic rings. The molecule has 1 nitrogen and oxygen atoms in total. The van der Waals surface area contributed by atoms with Gasteiger partial charge in [0.05, 0.1) is 0 Å². The van der Waals surface area contributed by atoms with Crippen molar-refractivity contribution in [2.24, 2.45) is 0 Å². The van der Waals surface area contributed by atoms with Gasteiger partial charge in [-0.15, -0.1) is 6.58 Å². The molecule has 0 aromatic carbocycles.